The molecule has 1 saturated heterocycles. The molecule has 0 spiro atoms. The lowest BCUT2D eigenvalue weighted by Gasteiger charge is -2.40. The molecule has 1 aliphatic heterocycles. The minimum Gasteiger partial charge on any atom is -0.464 e. The largest absolute Gasteiger partial charge is 0.464 e. The van der Waals surface area contributed by atoms with Crippen LogP contribution in [0.15, 0.2) is 0 Å². The smallest absolute Gasteiger partial charge is 0.329 e. The first kappa shape index (κ1) is 17.6. The first-order chi connectivity index (χ1) is 9.90. The molecule has 0 bridgehead atoms. The Morgan fingerprint density at radius 3 is 2.19 bits per heavy atom. The van der Waals surface area contributed by atoms with Crippen LogP contribution in [-0.4, -0.2) is 70.9 Å². The number of imide groups is 1. The molecule has 1 heterocycles. The van der Waals surface area contributed by atoms with E-state index in [9.17, 15) is 14.4 Å². The van der Waals surface area contributed by atoms with Crippen LogP contribution >= 0.6 is 12.6 Å². The summed E-state index contributed by atoms with van der Waals surface area (Å²) in [6.07, 6.45) is 0.202. The number of thiol groups is 1. The Labute approximate surface area is 130 Å². The maximum Gasteiger partial charge on any atom is 0.329 e. The van der Waals surface area contributed by atoms with Crippen molar-refractivity contribution in [1.82, 2.24) is 14.7 Å². The predicted molar refractivity (Wildman–Crippen MR) is 81.1 cm³/mol. The molecule has 120 valence electrons. The number of amides is 4. The minimum absolute atomic E-state index is 0.00587. The minimum atomic E-state index is -0.380. The highest BCUT2D eigenvalue weighted by Gasteiger charge is 2.35. The summed E-state index contributed by atoms with van der Waals surface area (Å²) in [7, 11) is 0. The van der Waals surface area contributed by atoms with Crippen LogP contribution in [0.3, 0.4) is 0 Å². The molecule has 0 aromatic rings. The van der Waals surface area contributed by atoms with E-state index in [0.717, 1.165) is 4.90 Å². The first-order valence-corrected chi connectivity index (χ1v) is 7.61. The van der Waals surface area contributed by atoms with Crippen LogP contribution in [0.1, 0.15) is 27.2 Å². The second-order valence-electron chi connectivity index (χ2n) is 4.84. The zero-order chi connectivity index (χ0) is 16.0. The Bertz CT molecular complexity index is 381. The second kappa shape index (κ2) is 8.11. The fourth-order valence-corrected chi connectivity index (χ4v) is 2.11. The Morgan fingerprint density at radius 1 is 1.24 bits per heavy atom. The number of esters is 1. The van der Waals surface area contributed by atoms with Crippen molar-refractivity contribution in [2.24, 2.45) is 0 Å². The first-order valence-electron chi connectivity index (χ1n) is 7.09. The molecule has 1 atom stereocenters. The van der Waals surface area contributed by atoms with Gasteiger partial charge in [-0.15, -0.1) is 0 Å². The number of urea groups is 2. The van der Waals surface area contributed by atoms with Crippen molar-refractivity contribution < 1.29 is 19.1 Å². The van der Waals surface area contributed by atoms with Crippen molar-refractivity contribution in [2.75, 3.05) is 32.9 Å². The van der Waals surface area contributed by atoms with Crippen molar-refractivity contribution in [2.45, 2.75) is 32.4 Å². The maximum atomic E-state index is 12.1. The van der Waals surface area contributed by atoms with Gasteiger partial charge in [0.2, 0.25) is 0 Å². The summed E-state index contributed by atoms with van der Waals surface area (Å²) < 4.78 is 5.02. The van der Waals surface area contributed by atoms with Crippen molar-refractivity contribution >= 4 is 30.7 Å². The number of hydrogen-bond donors (Lipinski definition) is 1. The molecule has 1 rings (SSSR count). The van der Waals surface area contributed by atoms with E-state index in [1.165, 1.54) is 0 Å². The molecule has 0 aliphatic carbocycles. The third kappa shape index (κ3) is 4.80. The fourth-order valence-electron chi connectivity index (χ4n) is 1.96. The molecule has 0 aromatic heterocycles. The van der Waals surface area contributed by atoms with E-state index < -0.39 is 0 Å². The van der Waals surface area contributed by atoms with Crippen LogP contribution < -0.4 is 0 Å². The number of nitrogens with zero attached hydrogens (tertiary/aromatic N) is 3. The molecule has 1 unspecified atom stereocenters. The van der Waals surface area contributed by atoms with E-state index in [1.54, 1.807) is 16.7 Å². The molecule has 4 amide bonds. The van der Waals surface area contributed by atoms with Gasteiger partial charge < -0.3 is 14.5 Å². The number of rotatable bonds is 7. The molecule has 8 heteroatoms. The molecule has 21 heavy (non-hydrogen) atoms. The number of carbonyl (C=O) groups excluding carboxylic acids is 3. The lowest BCUT2D eigenvalue weighted by Crippen LogP contribution is -2.61. The number of carbonyl (C=O) groups is 3. The topological polar surface area (TPSA) is 70.2 Å². The Morgan fingerprint density at radius 2 is 1.76 bits per heavy atom. The standard InChI is InChI=1S/C13H23N3O4S/c1-4-14-9-15(5-2)13(19)16(12(14)18)6-7-20-11(17)8-10(3)21/h10,21H,4-9H2,1-3H3. The SMILES string of the molecule is CCN1CN(CC)C(=O)N(CCOC(=O)CC(C)S)C1=O. The molecule has 0 saturated carbocycles. The van der Waals surface area contributed by atoms with Gasteiger partial charge in [0.25, 0.3) is 0 Å². The van der Waals surface area contributed by atoms with E-state index in [4.69, 9.17) is 4.74 Å². The van der Waals surface area contributed by atoms with E-state index in [2.05, 4.69) is 12.6 Å². The third-order valence-electron chi connectivity index (χ3n) is 3.15. The van der Waals surface area contributed by atoms with Crippen LogP contribution in [-0.2, 0) is 9.53 Å². The van der Waals surface area contributed by atoms with Gasteiger partial charge >= 0.3 is 18.0 Å². The molecule has 1 fully saturated rings. The highest BCUT2D eigenvalue weighted by molar-refractivity contribution is 7.80. The molecule has 0 aromatic carbocycles. The zero-order valence-electron chi connectivity index (χ0n) is 12.7. The van der Waals surface area contributed by atoms with Gasteiger partial charge in [-0.25, -0.2) is 14.5 Å². The number of hydrogen-bond acceptors (Lipinski definition) is 5. The van der Waals surface area contributed by atoms with Crippen LogP contribution in [0.4, 0.5) is 9.59 Å². The maximum absolute atomic E-state index is 12.1. The van der Waals surface area contributed by atoms with Crippen LogP contribution in [0.5, 0.6) is 0 Å². The Balaban J connectivity index is 2.56. The van der Waals surface area contributed by atoms with Gasteiger partial charge in [0.15, 0.2) is 0 Å². The predicted octanol–water partition coefficient (Wildman–Crippen LogP) is 1.39. The third-order valence-corrected chi connectivity index (χ3v) is 3.33. The summed E-state index contributed by atoms with van der Waals surface area (Å²) in [5, 5.41) is -0.0816. The molecular weight excluding hydrogens is 294 g/mol. The van der Waals surface area contributed by atoms with Crippen molar-refractivity contribution in [3.8, 4) is 0 Å². The summed E-state index contributed by atoms with van der Waals surface area (Å²) in [5.74, 6) is -0.380. The highest BCUT2D eigenvalue weighted by Crippen LogP contribution is 2.12. The molecular formula is C13H23N3O4S. The molecule has 7 nitrogen and oxygen atoms in total. The van der Waals surface area contributed by atoms with Gasteiger partial charge in [-0.3, -0.25) is 4.79 Å². The van der Waals surface area contributed by atoms with Gasteiger partial charge in [-0.05, 0) is 13.8 Å². The average Bonchev–Trinajstić information content (AvgIpc) is 2.42. The van der Waals surface area contributed by atoms with Crippen molar-refractivity contribution in [1.29, 1.82) is 0 Å². The quantitative estimate of drug-likeness (QED) is 0.569. The van der Waals surface area contributed by atoms with Gasteiger partial charge in [-0.2, -0.15) is 12.6 Å². The van der Waals surface area contributed by atoms with Gasteiger partial charge in [0.05, 0.1) is 19.6 Å². The summed E-state index contributed by atoms with van der Waals surface area (Å²) in [6.45, 7) is 6.93. The van der Waals surface area contributed by atoms with Gasteiger partial charge in [0.1, 0.15) is 6.61 Å². The monoisotopic (exact) mass is 317 g/mol. The Hall–Kier alpha value is -1.44. The number of ether oxygens (including phenoxy) is 1. The fraction of sp³-hybridized carbons (Fsp3) is 0.769. The Kier molecular flexibility index (Phi) is 6.80. The normalized spacial score (nSPS) is 17.2. The average molecular weight is 317 g/mol. The van der Waals surface area contributed by atoms with Crippen LogP contribution in [0, 0.1) is 0 Å². The molecule has 1 aliphatic rings. The van der Waals surface area contributed by atoms with Gasteiger partial charge in [-0.1, -0.05) is 6.92 Å². The zero-order valence-corrected chi connectivity index (χ0v) is 13.6. The van der Waals surface area contributed by atoms with E-state index in [1.807, 2.05) is 13.8 Å². The molecule has 0 radical (unpaired) electrons. The van der Waals surface area contributed by atoms with Crippen LogP contribution in [0.2, 0.25) is 0 Å². The summed E-state index contributed by atoms with van der Waals surface area (Å²) in [5.41, 5.74) is 0. The highest BCUT2D eigenvalue weighted by atomic mass is 32.1. The van der Waals surface area contributed by atoms with Crippen LogP contribution in [0.25, 0.3) is 0 Å². The van der Waals surface area contributed by atoms with E-state index >= 15 is 0 Å². The van der Waals surface area contributed by atoms with E-state index in [0.29, 0.717) is 19.8 Å². The lowest BCUT2D eigenvalue weighted by molar-refractivity contribution is -0.143. The lowest BCUT2D eigenvalue weighted by atomic mass is 10.3. The summed E-state index contributed by atoms with van der Waals surface area (Å²) in [6, 6.07) is -0.684. The summed E-state index contributed by atoms with van der Waals surface area (Å²) in [4.78, 5) is 39.9. The van der Waals surface area contributed by atoms with Crippen molar-refractivity contribution in [3.63, 3.8) is 0 Å². The van der Waals surface area contributed by atoms with E-state index in [-0.39, 0.29) is 42.9 Å². The summed E-state index contributed by atoms with van der Waals surface area (Å²) >= 11 is 4.11. The van der Waals surface area contributed by atoms with Gasteiger partial charge in [0, 0.05) is 18.3 Å². The van der Waals surface area contributed by atoms with Crippen molar-refractivity contribution in [3.05, 3.63) is 0 Å². The second-order valence-corrected chi connectivity index (χ2v) is 5.73. The molecule has 0 N–H and O–H groups in total.